The zero-order chi connectivity index (χ0) is 28.4. The molecule has 5 saturated carbocycles. The Balaban J connectivity index is 1.05. The zero-order valence-electron chi connectivity index (χ0n) is 23.9. The lowest BCUT2D eigenvalue weighted by atomic mass is 9.48. The molecule has 3 atom stereocenters. The molecule has 0 radical (unpaired) electrons. The molecular weight excluding hydrogens is 554 g/mol. The van der Waals surface area contributed by atoms with Crippen LogP contribution in [0.1, 0.15) is 68.9 Å². The highest BCUT2D eigenvalue weighted by atomic mass is 35.5. The molecule has 0 saturated heterocycles. The maximum Gasteiger partial charge on any atom is 0.224 e. The first-order valence-corrected chi connectivity index (χ1v) is 16.8. The van der Waals surface area contributed by atoms with Crippen molar-refractivity contribution in [2.24, 2.45) is 29.1 Å². The van der Waals surface area contributed by atoms with Crippen molar-refractivity contribution < 1.29 is 4.21 Å². The fourth-order valence-corrected chi connectivity index (χ4v) is 9.77. The number of aromatic nitrogens is 2. The molecule has 1 heterocycles. The van der Waals surface area contributed by atoms with Crippen molar-refractivity contribution in [3.63, 3.8) is 0 Å². The van der Waals surface area contributed by atoms with E-state index in [-0.39, 0.29) is 5.41 Å². The van der Waals surface area contributed by atoms with Crippen LogP contribution in [0.2, 0.25) is 5.02 Å². The van der Waals surface area contributed by atoms with E-state index >= 15 is 0 Å². The van der Waals surface area contributed by atoms with Gasteiger partial charge in [-0.15, -0.1) is 0 Å². The third-order valence-electron chi connectivity index (χ3n) is 10.3. The molecule has 41 heavy (non-hydrogen) atoms. The van der Waals surface area contributed by atoms with Gasteiger partial charge in [0.2, 0.25) is 5.95 Å². The topological polar surface area (TPSA) is 115 Å². The maximum absolute atomic E-state index is 12.1. The molecule has 8 nitrogen and oxygen atoms in total. The highest BCUT2D eigenvalue weighted by molar-refractivity contribution is 7.83. The zero-order valence-corrected chi connectivity index (χ0v) is 25.4. The lowest BCUT2D eigenvalue weighted by Gasteiger charge is -2.60. The predicted octanol–water partition coefficient (Wildman–Crippen LogP) is 5.25. The molecule has 0 aliphatic heterocycles. The van der Waals surface area contributed by atoms with Crippen LogP contribution in [-0.4, -0.2) is 45.6 Å². The molecule has 220 valence electrons. The highest BCUT2D eigenvalue weighted by Crippen LogP contribution is 2.60. The first-order valence-electron chi connectivity index (χ1n) is 15.2. The van der Waals surface area contributed by atoms with E-state index in [1.54, 1.807) is 13.2 Å². The Kier molecular flexibility index (Phi) is 8.83. The van der Waals surface area contributed by atoms with Gasteiger partial charge in [-0.05, 0) is 112 Å². The van der Waals surface area contributed by atoms with Crippen molar-refractivity contribution in [2.75, 3.05) is 30.8 Å². The maximum atomic E-state index is 12.1. The summed E-state index contributed by atoms with van der Waals surface area (Å²) in [6.45, 7) is 2.47. The first kappa shape index (κ1) is 28.9. The minimum absolute atomic E-state index is 0.271. The van der Waals surface area contributed by atoms with Gasteiger partial charge in [-0.1, -0.05) is 29.8 Å². The van der Waals surface area contributed by atoms with E-state index in [0.717, 1.165) is 49.2 Å². The molecule has 10 heteroatoms. The second kappa shape index (κ2) is 12.5. The van der Waals surface area contributed by atoms with Crippen LogP contribution in [0, 0.1) is 40.4 Å². The van der Waals surface area contributed by atoms with Crippen LogP contribution in [0.3, 0.4) is 0 Å². The summed E-state index contributed by atoms with van der Waals surface area (Å²) in [5.74, 6) is 4.08. The van der Waals surface area contributed by atoms with Crippen LogP contribution < -0.4 is 20.7 Å². The average Bonchev–Trinajstić information content (AvgIpc) is 2.99. The summed E-state index contributed by atoms with van der Waals surface area (Å²) in [5.41, 5.74) is 1.73. The summed E-state index contributed by atoms with van der Waals surface area (Å²) in [6, 6.07) is 10.6. The van der Waals surface area contributed by atoms with Crippen LogP contribution in [0.5, 0.6) is 0 Å². The largest absolute Gasteiger partial charge is 0.368 e. The van der Waals surface area contributed by atoms with E-state index in [0.29, 0.717) is 46.1 Å². The van der Waals surface area contributed by atoms with Crippen LogP contribution in [0.15, 0.2) is 30.5 Å². The molecule has 7 rings (SSSR count). The predicted molar refractivity (Wildman–Crippen MR) is 165 cm³/mol. The van der Waals surface area contributed by atoms with E-state index in [1.165, 1.54) is 44.9 Å². The number of benzene rings is 1. The van der Waals surface area contributed by atoms with Gasteiger partial charge in [-0.3, -0.25) is 0 Å². The summed E-state index contributed by atoms with van der Waals surface area (Å²) in [4.78, 5) is 9.05. The van der Waals surface area contributed by atoms with Crippen molar-refractivity contribution in [1.29, 1.82) is 5.26 Å². The fraction of sp³-hybridized carbons (Fsp3) is 0.645. The van der Waals surface area contributed by atoms with Gasteiger partial charge in [-0.2, -0.15) is 10.2 Å². The number of rotatable bonds is 11. The third-order valence-corrected chi connectivity index (χ3v) is 12.1. The lowest BCUT2D eigenvalue weighted by Crippen LogP contribution is -2.60. The SMILES string of the molecule is CNS(=O)C1CCC(CNC2C3CC4CC2CC(CNc2nc(NCc5ccccc5Cl)ncc2C#N)(C4)C3)CC1. The van der Waals surface area contributed by atoms with Crippen molar-refractivity contribution in [2.45, 2.75) is 75.6 Å². The molecule has 0 spiro atoms. The summed E-state index contributed by atoms with van der Waals surface area (Å²) < 4.78 is 15.1. The van der Waals surface area contributed by atoms with E-state index in [1.807, 2.05) is 24.3 Å². The molecular formula is C31H42ClN7OS. The Morgan fingerprint density at radius 2 is 1.85 bits per heavy atom. The van der Waals surface area contributed by atoms with Crippen molar-refractivity contribution in [3.8, 4) is 6.07 Å². The van der Waals surface area contributed by atoms with Crippen LogP contribution in [-0.2, 0) is 17.5 Å². The summed E-state index contributed by atoms with van der Waals surface area (Å²) >= 11 is 6.31. The normalized spacial score (nSPS) is 32.8. The Bertz CT molecular complexity index is 1280. The summed E-state index contributed by atoms with van der Waals surface area (Å²) in [7, 11) is 0.914. The second-order valence-corrected chi connectivity index (χ2v) is 15.0. The van der Waals surface area contributed by atoms with Gasteiger partial charge >= 0.3 is 0 Å². The number of halogens is 1. The van der Waals surface area contributed by atoms with Gasteiger partial charge in [-0.25, -0.2) is 13.9 Å². The summed E-state index contributed by atoms with van der Waals surface area (Å²) in [5, 5.41) is 21.7. The van der Waals surface area contributed by atoms with Crippen LogP contribution >= 0.6 is 11.6 Å². The van der Waals surface area contributed by atoms with Gasteiger partial charge in [0, 0.05) is 29.4 Å². The van der Waals surface area contributed by atoms with Crippen molar-refractivity contribution in [1.82, 2.24) is 20.0 Å². The molecule has 5 aliphatic carbocycles. The fourth-order valence-electron chi connectivity index (χ4n) is 8.53. The number of nitrogens with one attached hydrogen (secondary N) is 4. The lowest BCUT2D eigenvalue weighted by molar-refractivity contribution is -0.0702. The number of anilines is 2. The van der Waals surface area contributed by atoms with E-state index in [4.69, 9.17) is 11.6 Å². The number of hydrogen-bond acceptors (Lipinski definition) is 7. The number of hydrogen-bond donors (Lipinski definition) is 4. The second-order valence-electron chi connectivity index (χ2n) is 12.9. The van der Waals surface area contributed by atoms with Crippen LogP contribution in [0.4, 0.5) is 11.8 Å². The highest BCUT2D eigenvalue weighted by Gasteiger charge is 2.55. The van der Waals surface area contributed by atoms with Gasteiger partial charge in [0.1, 0.15) is 17.5 Å². The minimum atomic E-state index is -0.885. The molecule has 5 aliphatic rings. The van der Waals surface area contributed by atoms with E-state index in [9.17, 15) is 9.47 Å². The number of nitriles is 1. The van der Waals surface area contributed by atoms with Gasteiger partial charge < -0.3 is 16.0 Å². The van der Waals surface area contributed by atoms with Crippen molar-refractivity contribution in [3.05, 3.63) is 46.6 Å². The number of nitrogens with zero attached hydrogens (tertiary/aromatic N) is 3. The van der Waals surface area contributed by atoms with Crippen LogP contribution in [0.25, 0.3) is 0 Å². The molecule has 1 aromatic carbocycles. The molecule has 5 fully saturated rings. The quantitative estimate of drug-likeness (QED) is 0.280. The van der Waals surface area contributed by atoms with Gasteiger partial charge in [0.15, 0.2) is 0 Å². The minimum Gasteiger partial charge on any atom is -0.368 e. The Labute approximate surface area is 251 Å². The Hall–Kier alpha value is -2.25. The first-order chi connectivity index (χ1) is 19.9. The molecule has 0 amide bonds. The van der Waals surface area contributed by atoms with Crippen molar-refractivity contribution >= 4 is 34.4 Å². The molecule has 4 N–H and O–H groups in total. The molecule has 4 bridgehead atoms. The Morgan fingerprint density at radius 1 is 1.10 bits per heavy atom. The van der Waals surface area contributed by atoms with Gasteiger partial charge in [0.05, 0.1) is 17.2 Å². The summed E-state index contributed by atoms with van der Waals surface area (Å²) in [6.07, 6.45) is 12.5. The molecule has 2 aromatic rings. The third kappa shape index (κ3) is 6.41. The van der Waals surface area contributed by atoms with E-state index < -0.39 is 11.0 Å². The smallest absolute Gasteiger partial charge is 0.224 e. The van der Waals surface area contributed by atoms with Gasteiger partial charge in [0.25, 0.3) is 0 Å². The monoisotopic (exact) mass is 595 g/mol. The molecule has 1 aromatic heterocycles. The molecule has 3 unspecified atom stereocenters. The Morgan fingerprint density at radius 3 is 2.56 bits per heavy atom. The standard InChI is InChI=1S/C31H42ClN7OS/c1-34-41(40)26-8-6-20(7-9-26)16-35-28-23-10-21-11-24(28)14-31(12-21,13-23)19-38-29-25(15-33)18-37-30(39-29)36-17-22-4-2-3-5-27(22)32/h2-5,18,20-21,23-24,26,28,34-35H,6-14,16-17,19H2,1H3,(H2,36,37,38,39). The average molecular weight is 596 g/mol. The van der Waals surface area contributed by atoms with E-state index in [2.05, 4.69) is 36.7 Å².